The Morgan fingerprint density at radius 2 is 1.70 bits per heavy atom. The van der Waals surface area contributed by atoms with E-state index in [-0.39, 0.29) is 11.2 Å². The van der Waals surface area contributed by atoms with E-state index in [0.29, 0.717) is 11.0 Å². The fraction of sp³-hybridized carbons (Fsp3) is 0.455. The third-order valence-corrected chi connectivity index (χ3v) is 10.5. The van der Waals surface area contributed by atoms with Crippen molar-refractivity contribution in [3.05, 3.63) is 53.6 Å². The molecule has 17 nitrogen and oxygen atoms in total. The second kappa shape index (κ2) is 11.1. The van der Waals surface area contributed by atoms with Gasteiger partial charge in [-0.05, 0) is 23.9 Å². The number of hydrogen-bond donors (Lipinski definition) is 5. The molecule has 43 heavy (non-hydrogen) atoms. The predicted octanol–water partition coefficient (Wildman–Crippen LogP) is 0.758. The highest BCUT2D eigenvalue weighted by molar-refractivity contribution is 8.44. The minimum Gasteiger partial charge on any atom is -0.387 e. The van der Waals surface area contributed by atoms with E-state index in [1.165, 1.54) is 17.2 Å². The van der Waals surface area contributed by atoms with Gasteiger partial charge < -0.3 is 38.7 Å². The summed E-state index contributed by atoms with van der Waals surface area (Å²) in [5.74, 6) is 0. The molecule has 3 aromatic heterocycles. The molecule has 2 bridgehead atoms. The predicted molar refractivity (Wildman–Crippen MR) is 152 cm³/mol. The zero-order valence-corrected chi connectivity index (χ0v) is 25.2. The Morgan fingerprint density at radius 3 is 2.53 bits per heavy atom. The molecular formula is C22H24N6O11P2S2. The van der Waals surface area contributed by atoms with Crippen LogP contribution in [0.5, 0.6) is 0 Å². The average molecular weight is 675 g/mol. The molecule has 7 rings (SSSR count). The minimum atomic E-state index is -4.29. The number of aliphatic hydroxyl groups is 2. The van der Waals surface area contributed by atoms with Crippen molar-refractivity contribution in [2.24, 2.45) is 0 Å². The normalized spacial score (nSPS) is 38.9. The van der Waals surface area contributed by atoms with Gasteiger partial charge in [-0.25, -0.2) is 19.5 Å². The number of aromatic amines is 1. The Bertz CT molecular complexity index is 1840. The first kappa shape index (κ1) is 29.6. The Kier molecular flexibility index (Phi) is 7.62. The van der Waals surface area contributed by atoms with E-state index in [2.05, 4.69) is 32.2 Å². The van der Waals surface area contributed by atoms with Crippen LogP contribution in [0.3, 0.4) is 0 Å². The molecule has 230 valence electrons. The molecule has 3 fully saturated rings. The van der Waals surface area contributed by atoms with E-state index >= 15 is 0 Å². The maximum Gasteiger partial charge on any atom is 0.386 e. The van der Waals surface area contributed by atoms with E-state index < -0.39 is 81.4 Å². The summed E-state index contributed by atoms with van der Waals surface area (Å²) in [7, 11) is 0. The quantitative estimate of drug-likeness (QED) is 0.147. The van der Waals surface area contributed by atoms with E-state index in [4.69, 9.17) is 39.4 Å². The number of fused-ring (bicyclic) bond motifs is 5. The third kappa shape index (κ3) is 5.42. The highest BCUT2D eigenvalue weighted by Crippen LogP contribution is 2.58. The largest absolute Gasteiger partial charge is 0.387 e. The lowest BCUT2D eigenvalue weighted by atomic mass is 10.1. The topological polar surface area (TPSA) is 215 Å². The second-order valence-corrected chi connectivity index (χ2v) is 15.6. The van der Waals surface area contributed by atoms with Crippen molar-refractivity contribution in [1.29, 1.82) is 0 Å². The van der Waals surface area contributed by atoms with E-state index in [0.717, 1.165) is 6.33 Å². The van der Waals surface area contributed by atoms with Gasteiger partial charge in [-0.1, -0.05) is 24.4 Å². The lowest BCUT2D eigenvalue weighted by Gasteiger charge is -2.27. The molecule has 3 aliphatic heterocycles. The first-order chi connectivity index (χ1) is 20.5. The van der Waals surface area contributed by atoms with Gasteiger partial charge >= 0.3 is 13.5 Å². The molecule has 0 radical (unpaired) electrons. The molecule has 3 saturated heterocycles. The van der Waals surface area contributed by atoms with Gasteiger partial charge in [-0.2, -0.15) is 0 Å². The van der Waals surface area contributed by atoms with Crippen molar-refractivity contribution in [3.8, 4) is 0 Å². The van der Waals surface area contributed by atoms with Gasteiger partial charge in [-0.15, -0.1) is 0 Å². The molecule has 21 heteroatoms. The molecule has 4 N–H and O–H groups in total. The van der Waals surface area contributed by atoms with Crippen LogP contribution in [0.25, 0.3) is 22.2 Å². The van der Waals surface area contributed by atoms with Gasteiger partial charge in [0.25, 0.3) is 5.56 Å². The van der Waals surface area contributed by atoms with Gasteiger partial charge in [0.2, 0.25) is 0 Å². The minimum absolute atomic E-state index is 0.0128. The summed E-state index contributed by atoms with van der Waals surface area (Å²) in [5, 5.41) is 22.4. The average Bonchev–Trinajstić information content (AvgIpc) is 3.72. The lowest BCUT2D eigenvalue weighted by molar-refractivity contribution is -0.0587. The van der Waals surface area contributed by atoms with Gasteiger partial charge in [0.05, 0.1) is 43.2 Å². The number of thiol groups is 1. The van der Waals surface area contributed by atoms with Crippen LogP contribution in [0.4, 0.5) is 0 Å². The maximum atomic E-state index is 13.5. The molecule has 0 amide bonds. The highest BCUT2D eigenvalue weighted by Gasteiger charge is 2.52. The Labute approximate surface area is 251 Å². The van der Waals surface area contributed by atoms with Crippen molar-refractivity contribution >= 4 is 59.8 Å². The smallest absolute Gasteiger partial charge is 0.386 e. The zero-order chi connectivity index (χ0) is 30.1. The van der Waals surface area contributed by atoms with Gasteiger partial charge in [-0.3, -0.25) is 22.9 Å². The summed E-state index contributed by atoms with van der Waals surface area (Å²) in [6.07, 6.45) is -6.34. The SMILES string of the molecule is O=c1[nH]cnc2c1ncn2[C@@H]1O[C@@H]2COP(O)(=S)O[C@@H]3C(O)[C@H](n4cnc5ccccc54)O[C@@H]3COP(=O)(S)O[C@H]1C2O. The summed E-state index contributed by atoms with van der Waals surface area (Å²) in [6.45, 7) is -9.39. The number of rotatable bonds is 2. The first-order valence-electron chi connectivity index (χ1n) is 12.8. The van der Waals surface area contributed by atoms with Crippen molar-refractivity contribution in [2.45, 2.75) is 49.1 Å². The molecule has 4 unspecified atom stereocenters. The fourth-order valence-electron chi connectivity index (χ4n) is 5.34. The summed E-state index contributed by atoms with van der Waals surface area (Å²) >= 11 is 9.33. The monoisotopic (exact) mass is 674 g/mol. The molecular weight excluding hydrogens is 650 g/mol. The number of H-pyrrole nitrogens is 1. The van der Waals surface area contributed by atoms with Crippen molar-refractivity contribution in [1.82, 2.24) is 29.1 Å². The Hall–Kier alpha value is -2.09. The zero-order valence-electron chi connectivity index (χ0n) is 21.7. The first-order valence-corrected chi connectivity index (χ1v) is 18.1. The molecule has 1 aromatic carbocycles. The van der Waals surface area contributed by atoms with Gasteiger partial charge in [0.1, 0.15) is 36.6 Å². The number of aliphatic hydroxyl groups excluding tert-OH is 2. The number of para-hydroxylation sites is 2. The van der Waals surface area contributed by atoms with Crippen LogP contribution in [0.2, 0.25) is 0 Å². The number of nitrogens with one attached hydrogen (secondary N) is 1. The summed E-state index contributed by atoms with van der Waals surface area (Å²) in [6, 6.07) is 7.18. The molecule has 6 heterocycles. The van der Waals surface area contributed by atoms with Crippen molar-refractivity contribution in [3.63, 3.8) is 0 Å². The van der Waals surface area contributed by atoms with Crippen LogP contribution in [0.15, 0.2) is 48.0 Å². The van der Waals surface area contributed by atoms with E-state index in [1.54, 1.807) is 22.8 Å². The standard InChI is InChI=1S/C22H24N6O11P2S2/c29-15-12-5-34-40(32,42)38-17-13(37-21(16(17)30)27-8-25-10-3-1-2-4-11(10)27)6-35-41(33,43)39-18(15)22(36-12)28-9-26-14-19(28)23-7-24-20(14)31/h1-4,7-9,12-13,15-18,21-22,29-30H,5-6H2,(H,32,42)(H,33,43)(H,23,24,31)/t12-,13-,15?,16?,17+,18+,21-,22-,40?,41?/m1/s1. The molecule has 0 saturated carbocycles. The van der Waals surface area contributed by atoms with E-state index in [1.807, 2.05) is 6.07 Å². The number of imidazole rings is 2. The van der Waals surface area contributed by atoms with Crippen molar-refractivity contribution < 1.29 is 47.2 Å². The maximum absolute atomic E-state index is 13.5. The van der Waals surface area contributed by atoms with E-state index in [9.17, 15) is 24.5 Å². The van der Waals surface area contributed by atoms with Crippen LogP contribution >= 0.6 is 25.8 Å². The van der Waals surface area contributed by atoms with Gasteiger partial charge in [0.15, 0.2) is 23.6 Å². The molecule has 4 aromatic rings. The lowest BCUT2D eigenvalue weighted by Crippen LogP contribution is -2.36. The third-order valence-electron chi connectivity index (χ3n) is 7.33. The number of aromatic nitrogens is 6. The van der Waals surface area contributed by atoms with Crippen LogP contribution in [-0.4, -0.2) is 94.0 Å². The summed E-state index contributed by atoms with van der Waals surface area (Å²) in [4.78, 5) is 38.1. The van der Waals surface area contributed by atoms with Crippen LogP contribution in [0, 0.1) is 0 Å². The fourth-order valence-corrected chi connectivity index (χ4v) is 8.25. The van der Waals surface area contributed by atoms with Crippen molar-refractivity contribution in [2.75, 3.05) is 13.2 Å². The van der Waals surface area contributed by atoms with Gasteiger partial charge in [0, 0.05) is 0 Å². The summed E-state index contributed by atoms with van der Waals surface area (Å²) in [5.41, 5.74) is 0.869. The Balaban J connectivity index is 1.20. The Morgan fingerprint density at radius 1 is 0.953 bits per heavy atom. The number of benzene rings is 1. The summed E-state index contributed by atoms with van der Waals surface area (Å²) < 4.78 is 50.9. The molecule has 10 atom stereocenters. The number of ether oxygens (including phenoxy) is 2. The highest BCUT2D eigenvalue weighted by atomic mass is 32.7. The second-order valence-electron chi connectivity index (χ2n) is 9.98. The van der Waals surface area contributed by atoms with Crippen LogP contribution < -0.4 is 5.56 Å². The van der Waals surface area contributed by atoms with Crippen LogP contribution in [-0.2, 0) is 43.9 Å². The van der Waals surface area contributed by atoms with Crippen LogP contribution in [0.1, 0.15) is 12.5 Å². The molecule has 3 aliphatic rings. The molecule has 0 aliphatic carbocycles. The number of hydrogen-bond acceptors (Lipinski definition) is 14. The molecule has 0 spiro atoms. The number of nitrogens with zero attached hydrogens (tertiary/aromatic N) is 5.